The van der Waals surface area contributed by atoms with Crippen LogP contribution in [-0.4, -0.2) is 41.2 Å². The first kappa shape index (κ1) is 42.3. The molecule has 3 heterocycles. The van der Waals surface area contributed by atoms with Crippen LogP contribution in [0.25, 0.3) is 38.6 Å². The Kier molecular flexibility index (Phi) is 10.1. The van der Waals surface area contributed by atoms with Gasteiger partial charge in [0.25, 0.3) is 0 Å². The van der Waals surface area contributed by atoms with E-state index in [1.165, 1.54) is 12.1 Å². The summed E-state index contributed by atoms with van der Waals surface area (Å²) in [7, 11) is 0. The average Bonchev–Trinajstić information content (AvgIpc) is 3.50. The van der Waals surface area contributed by atoms with Gasteiger partial charge in [-0.15, -0.1) is 0 Å². The summed E-state index contributed by atoms with van der Waals surface area (Å²) in [6, 6.07) is 36.6. The fourth-order valence-electron chi connectivity index (χ4n) is 8.24. The summed E-state index contributed by atoms with van der Waals surface area (Å²) < 4.78 is 169. The zero-order chi connectivity index (χ0) is 45.3. The van der Waals surface area contributed by atoms with Gasteiger partial charge in [0.05, 0.1) is 16.7 Å². The second-order valence-corrected chi connectivity index (χ2v) is 14.9. The number of nitrogens with zero attached hydrogens (tertiary/aromatic N) is 7. The van der Waals surface area contributed by atoms with Crippen molar-refractivity contribution in [2.75, 3.05) is 0 Å². The number of aromatic nitrogens is 7. The summed E-state index contributed by atoms with van der Waals surface area (Å²) in [6.45, 7) is -2.44. The molecule has 9 rings (SSSR count). The van der Waals surface area contributed by atoms with E-state index in [0.29, 0.717) is 24.8 Å². The molecule has 1 atom stereocenters. The van der Waals surface area contributed by atoms with Gasteiger partial charge in [-0.05, 0) is 77.3 Å². The Labute approximate surface area is 354 Å². The van der Waals surface area contributed by atoms with Crippen LogP contribution in [0.15, 0.2) is 103 Å². The van der Waals surface area contributed by atoms with Crippen molar-refractivity contribution >= 4 is 45.4 Å². The van der Waals surface area contributed by atoms with Crippen LogP contribution in [0.4, 0.5) is 52.7 Å². The monoisotopic (exact) mass is 889 g/mol. The standard InChI is InChI=1S/C44H24BF12N7/c46-41(47,48)35-58-36(42(49,50)51)61-39(60-35)45(40-62-37(43(52,53)54)59-38(63-40)44(55,56)57)26-18-14-23(15-19-26)22-25-17-16-24-8-4-5-11-28(24)33-29(25)20-21-32-34(33)30-12-6-7-13-31(30)64(32)27-9-2-1-3-10-27/h2,4-15,18-21,25H,16-17,22H2. The van der Waals surface area contributed by atoms with Crippen LogP contribution in [0.1, 0.15) is 52.3 Å². The van der Waals surface area contributed by atoms with E-state index in [1.807, 2.05) is 72.8 Å². The molecule has 1 unspecified atom stereocenters. The van der Waals surface area contributed by atoms with Gasteiger partial charge >= 0.3 is 31.4 Å². The zero-order valence-electron chi connectivity index (χ0n) is 32.3. The first-order valence-corrected chi connectivity index (χ1v) is 19.2. The van der Waals surface area contributed by atoms with Crippen molar-refractivity contribution in [3.05, 3.63) is 155 Å². The zero-order valence-corrected chi connectivity index (χ0v) is 32.3. The predicted octanol–water partition coefficient (Wildman–Crippen LogP) is 9.28. The van der Waals surface area contributed by atoms with E-state index >= 15 is 0 Å². The topological polar surface area (TPSA) is 82.3 Å². The summed E-state index contributed by atoms with van der Waals surface area (Å²) in [5.41, 5.74) is 3.90. The Morgan fingerprint density at radius 3 is 1.70 bits per heavy atom. The quantitative estimate of drug-likeness (QED) is 0.122. The maximum Gasteiger partial charge on any atom is 0.451 e. The summed E-state index contributed by atoms with van der Waals surface area (Å²) in [4.78, 5) is 17.2. The molecule has 0 saturated heterocycles. The molecule has 0 bridgehead atoms. The van der Waals surface area contributed by atoms with Gasteiger partial charge in [0.15, 0.2) is 0 Å². The third kappa shape index (κ3) is 7.83. The van der Waals surface area contributed by atoms with Gasteiger partial charge in [0.1, 0.15) is 11.4 Å². The van der Waals surface area contributed by atoms with Crippen LogP contribution >= 0.6 is 0 Å². The van der Waals surface area contributed by atoms with Gasteiger partial charge in [-0.2, -0.15) is 52.7 Å². The Morgan fingerprint density at radius 1 is 0.578 bits per heavy atom. The average molecular weight is 890 g/mol. The Hall–Kier alpha value is -7.04. The second-order valence-electron chi connectivity index (χ2n) is 14.9. The molecule has 64 heavy (non-hydrogen) atoms. The number of halogens is 12. The third-order valence-electron chi connectivity index (χ3n) is 10.9. The molecule has 0 spiro atoms. The van der Waals surface area contributed by atoms with E-state index < -0.39 is 71.6 Å². The molecule has 322 valence electrons. The minimum atomic E-state index is -5.66. The molecular formula is C44H24BF12N7. The highest BCUT2D eigenvalue weighted by Crippen LogP contribution is 2.47. The summed E-state index contributed by atoms with van der Waals surface area (Å²) in [5, 5.41) is 1.97. The lowest BCUT2D eigenvalue weighted by atomic mass is 9.43. The third-order valence-corrected chi connectivity index (χ3v) is 10.9. The number of alkyl halides is 12. The van der Waals surface area contributed by atoms with Gasteiger partial charge in [0.2, 0.25) is 23.3 Å². The van der Waals surface area contributed by atoms with Crippen LogP contribution in [-0.2, 0) is 37.5 Å². The molecule has 0 saturated carbocycles. The molecule has 0 N–H and O–H groups in total. The second kappa shape index (κ2) is 15.3. The largest absolute Gasteiger partial charge is 0.451 e. The van der Waals surface area contributed by atoms with Crippen LogP contribution in [0.2, 0.25) is 0 Å². The van der Waals surface area contributed by atoms with Crippen molar-refractivity contribution < 1.29 is 52.7 Å². The normalized spacial score (nSPS) is 14.5. The van der Waals surface area contributed by atoms with Crippen LogP contribution in [0.3, 0.4) is 0 Å². The Bertz CT molecular complexity index is 2910. The van der Waals surface area contributed by atoms with Crippen molar-refractivity contribution in [1.29, 1.82) is 0 Å². The first-order valence-electron chi connectivity index (χ1n) is 19.2. The SMILES string of the molecule is FC(F)(F)c1nc(B(c2ccc(CC3CCc4ccccc4-c4c3ccc3c4c4ccccc4n3-c3cc#ccc3)cc2)c2nc(C(F)(F)F)nc(C(F)(F)F)n2)nc(C(F)(F)F)n1. The highest BCUT2D eigenvalue weighted by molar-refractivity contribution is 6.93. The molecule has 0 amide bonds. The molecule has 7 nitrogen and oxygen atoms in total. The predicted molar refractivity (Wildman–Crippen MR) is 209 cm³/mol. The maximum atomic E-state index is 13.9. The molecule has 8 aromatic rings. The molecular weight excluding hydrogens is 865 g/mol. The minimum absolute atomic E-state index is 0.199. The van der Waals surface area contributed by atoms with Crippen LogP contribution in [0, 0.1) is 12.1 Å². The van der Waals surface area contributed by atoms with E-state index in [9.17, 15) is 52.7 Å². The molecule has 5 aromatic carbocycles. The lowest BCUT2D eigenvalue weighted by Gasteiger charge is -2.20. The molecule has 0 fully saturated rings. The molecule has 3 aromatic heterocycles. The number of hydrogen-bond donors (Lipinski definition) is 0. The number of hydrogen-bond acceptors (Lipinski definition) is 6. The van der Waals surface area contributed by atoms with Gasteiger partial charge in [-0.3, -0.25) is 0 Å². The van der Waals surface area contributed by atoms with Gasteiger partial charge in [-0.25, -0.2) is 29.9 Å². The van der Waals surface area contributed by atoms with Crippen molar-refractivity contribution in [3.63, 3.8) is 0 Å². The fraction of sp³-hybridized carbons (Fsp3) is 0.182. The van der Waals surface area contributed by atoms with Gasteiger partial charge in [-0.1, -0.05) is 90.4 Å². The summed E-state index contributed by atoms with van der Waals surface area (Å²) >= 11 is 0. The number of para-hydroxylation sites is 1. The lowest BCUT2D eigenvalue weighted by Crippen LogP contribution is -2.58. The number of aryl methyl sites for hydroxylation is 1. The molecule has 0 radical (unpaired) electrons. The van der Waals surface area contributed by atoms with Crippen LogP contribution in [0.5, 0.6) is 0 Å². The highest BCUT2D eigenvalue weighted by atomic mass is 19.4. The Morgan fingerprint density at radius 2 is 1.14 bits per heavy atom. The molecule has 1 aliphatic rings. The van der Waals surface area contributed by atoms with Crippen molar-refractivity contribution in [1.82, 2.24) is 34.5 Å². The van der Waals surface area contributed by atoms with Crippen molar-refractivity contribution in [2.45, 2.75) is 49.9 Å². The smallest absolute Gasteiger partial charge is 0.309 e. The molecule has 1 aliphatic carbocycles. The van der Waals surface area contributed by atoms with E-state index in [1.54, 1.807) is 6.07 Å². The minimum Gasteiger partial charge on any atom is -0.309 e. The first-order chi connectivity index (χ1) is 30.3. The van der Waals surface area contributed by atoms with Crippen molar-refractivity contribution in [3.8, 4) is 16.8 Å². The molecule has 0 aliphatic heterocycles. The summed E-state index contributed by atoms with van der Waals surface area (Å²) in [5.74, 6) is -9.82. The number of fused-ring (bicyclic) bond motifs is 7. The molecule has 20 heteroatoms. The Balaban J connectivity index is 1.18. The number of rotatable bonds is 6. The number of benzene rings is 4. The summed E-state index contributed by atoms with van der Waals surface area (Å²) in [6.07, 6.45) is -21.1. The van der Waals surface area contributed by atoms with Gasteiger partial charge in [0, 0.05) is 16.8 Å². The lowest BCUT2D eigenvalue weighted by molar-refractivity contribution is -0.156. The van der Waals surface area contributed by atoms with E-state index in [4.69, 9.17) is 0 Å². The maximum absolute atomic E-state index is 13.9. The van der Waals surface area contributed by atoms with E-state index in [0.717, 1.165) is 61.9 Å². The van der Waals surface area contributed by atoms with Crippen LogP contribution < -0.4 is 16.9 Å². The van der Waals surface area contributed by atoms with Crippen molar-refractivity contribution in [2.24, 2.45) is 0 Å². The van der Waals surface area contributed by atoms with E-state index in [-0.39, 0.29) is 5.92 Å². The van der Waals surface area contributed by atoms with E-state index in [2.05, 4.69) is 46.6 Å². The van der Waals surface area contributed by atoms with Gasteiger partial charge < -0.3 is 4.57 Å². The fourth-order valence-corrected chi connectivity index (χ4v) is 8.24. The highest BCUT2D eigenvalue weighted by Gasteiger charge is 2.46.